The highest BCUT2D eigenvalue weighted by molar-refractivity contribution is 6.08. The Kier molecular flexibility index (Phi) is 2.82. The second kappa shape index (κ2) is 4.27. The molecule has 1 aromatic carbocycles. The maximum absolute atomic E-state index is 12.2. The van der Waals surface area contributed by atoms with Gasteiger partial charge in [0.05, 0.1) is 0 Å². The maximum Gasteiger partial charge on any atom is 0.211 e. The van der Waals surface area contributed by atoms with Crippen molar-refractivity contribution in [1.82, 2.24) is 4.98 Å². The van der Waals surface area contributed by atoms with E-state index in [1.807, 2.05) is 50.2 Å². The van der Waals surface area contributed by atoms with Gasteiger partial charge in [-0.25, -0.2) is 0 Å². The Labute approximate surface area is 95.0 Å². The molecule has 2 heteroatoms. The van der Waals surface area contributed by atoms with Crippen LogP contribution in [0.15, 0.2) is 42.6 Å². The minimum absolute atomic E-state index is 0.0122. The molecule has 80 valence electrons. The number of benzene rings is 1. The molecule has 0 spiro atoms. The van der Waals surface area contributed by atoms with Crippen LogP contribution < -0.4 is 0 Å². The van der Waals surface area contributed by atoms with E-state index in [-0.39, 0.29) is 5.78 Å². The number of pyridine rings is 1. The van der Waals surface area contributed by atoms with Gasteiger partial charge in [0.2, 0.25) is 5.78 Å². The van der Waals surface area contributed by atoms with Gasteiger partial charge in [0.25, 0.3) is 0 Å². The number of aryl methyl sites for hydroxylation is 2. The van der Waals surface area contributed by atoms with E-state index in [2.05, 4.69) is 4.98 Å². The molecule has 16 heavy (non-hydrogen) atoms. The third-order valence-electron chi connectivity index (χ3n) is 2.54. The van der Waals surface area contributed by atoms with Crippen molar-refractivity contribution in [3.05, 3.63) is 65.0 Å². The van der Waals surface area contributed by atoms with Gasteiger partial charge < -0.3 is 0 Å². The Bertz CT molecular complexity index is 532. The highest BCUT2D eigenvalue weighted by Crippen LogP contribution is 2.12. The van der Waals surface area contributed by atoms with E-state index in [4.69, 9.17) is 0 Å². The van der Waals surface area contributed by atoms with Crippen LogP contribution in [0.4, 0.5) is 0 Å². The zero-order valence-electron chi connectivity index (χ0n) is 9.40. The summed E-state index contributed by atoms with van der Waals surface area (Å²) in [4.78, 5) is 16.3. The summed E-state index contributed by atoms with van der Waals surface area (Å²) in [6, 6.07) is 11.3. The van der Waals surface area contributed by atoms with Gasteiger partial charge in [-0.3, -0.25) is 9.78 Å². The smallest absolute Gasteiger partial charge is 0.211 e. The third-order valence-corrected chi connectivity index (χ3v) is 2.54. The fraction of sp³-hybridized carbons (Fsp3) is 0.143. The van der Waals surface area contributed by atoms with Crippen LogP contribution >= 0.6 is 0 Å². The van der Waals surface area contributed by atoms with Crippen LogP contribution in [-0.2, 0) is 0 Å². The molecule has 0 aliphatic heterocycles. The Hall–Kier alpha value is -1.96. The van der Waals surface area contributed by atoms with Crippen molar-refractivity contribution in [2.75, 3.05) is 0 Å². The summed E-state index contributed by atoms with van der Waals surface area (Å²) >= 11 is 0. The first-order chi connectivity index (χ1) is 7.68. The number of ketones is 1. The van der Waals surface area contributed by atoms with E-state index in [1.54, 1.807) is 6.20 Å². The fourth-order valence-corrected chi connectivity index (χ4v) is 1.63. The lowest BCUT2D eigenvalue weighted by Gasteiger charge is -2.04. The van der Waals surface area contributed by atoms with Gasteiger partial charge in [-0.1, -0.05) is 24.3 Å². The number of carbonyl (C=O) groups is 1. The highest BCUT2D eigenvalue weighted by atomic mass is 16.1. The molecule has 1 aromatic heterocycles. The van der Waals surface area contributed by atoms with Gasteiger partial charge in [-0.2, -0.15) is 0 Å². The van der Waals surface area contributed by atoms with Gasteiger partial charge in [0, 0.05) is 11.8 Å². The first kappa shape index (κ1) is 10.6. The topological polar surface area (TPSA) is 30.0 Å². The summed E-state index contributed by atoms with van der Waals surface area (Å²) in [5.41, 5.74) is 3.26. The van der Waals surface area contributed by atoms with Crippen LogP contribution in [0.3, 0.4) is 0 Å². The zero-order valence-corrected chi connectivity index (χ0v) is 9.40. The summed E-state index contributed by atoms with van der Waals surface area (Å²) in [6.45, 7) is 3.89. The van der Waals surface area contributed by atoms with Gasteiger partial charge in [-0.05, 0) is 37.1 Å². The van der Waals surface area contributed by atoms with Crippen molar-refractivity contribution in [2.45, 2.75) is 13.8 Å². The van der Waals surface area contributed by atoms with Crippen LogP contribution in [0.25, 0.3) is 0 Å². The summed E-state index contributed by atoms with van der Waals surface area (Å²) in [5.74, 6) is -0.0122. The van der Waals surface area contributed by atoms with Crippen molar-refractivity contribution in [2.24, 2.45) is 0 Å². The van der Waals surface area contributed by atoms with Crippen molar-refractivity contribution in [3.8, 4) is 0 Å². The normalized spacial score (nSPS) is 10.1. The lowest BCUT2D eigenvalue weighted by molar-refractivity contribution is 0.103. The van der Waals surface area contributed by atoms with Crippen molar-refractivity contribution < 1.29 is 4.79 Å². The first-order valence-electron chi connectivity index (χ1n) is 5.21. The number of nitrogens with zero attached hydrogens (tertiary/aromatic N) is 1. The number of rotatable bonds is 2. The minimum atomic E-state index is -0.0122. The van der Waals surface area contributed by atoms with Crippen LogP contribution in [0.2, 0.25) is 0 Å². The Morgan fingerprint density at radius 2 is 1.88 bits per heavy atom. The van der Waals surface area contributed by atoms with E-state index < -0.39 is 0 Å². The van der Waals surface area contributed by atoms with E-state index >= 15 is 0 Å². The molecule has 0 amide bonds. The molecular weight excluding hydrogens is 198 g/mol. The molecule has 0 unspecified atom stereocenters. The molecule has 0 saturated carbocycles. The molecule has 2 rings (SSSR count). The number of aromatic nitrogens is 1. The quantitative estimate of drug-likeness (QED) is 0.715. The summed E-state index contributed by atoms with van der Waals surface area (Å²) in [6.07, 6.45) is 1.67. The molecule has 2 aromatic rings. The minimum Gasteiger partial charge on any atom is -0.287 e. The molecule has 0 N–H and O–H groups in total. The number of carbonyl (C=O) groups excluding carboxylic acids is 1. The largest absolute Gasteiger partial charge is 0.287 e. The second-order valence-corrected chi connectivity index (χ2v) is 3.86. The zero-order chi connectivity index (χ0) is 11.5. The summed E-state index contributed by atoms with van der Waals surface area (Å²) in [7, 11) is 0. The van der Waals surface area contributed by atoms with Crippen LogP contribution in [-0.4, -0.2) is 10.8 Å². The Morgan fingerprint density at radius 3 is 2.56 bits per heavy atom. The highest BCUT2D eigenvalue weighted by Gasteiger charge is 2.12. The van der Waals surface area contributed by atoms with E-state index in [0.717, 1.165) is 16.7 Å². The number of hydrogen-bond acceptors (Lipinski definition) is 2. The summed E-state index contributed by atoms with van der Waals surface area (Å²) in [5, 5.41) is 0. The Morgan fingerprint density at radius 1 is 1.12 bits per heavy atom. The molecule has 1 heterocycles. The number of hydrogen-bond donors (Lipinski definition) is 0. The predicted molar refractivity (Wildman–Crippen MR) is 63.6 cm³/mol. The van der Waals surface area contributed by atoms with Crippen molar-refractivity contribution >= 4 is 5.78 Å². The lowest BCUT2D eigenvalue weighted by atomic mass is 10.0. The van der Waals surface area contributed by atoms with Crippen molar-refractivity contribution in [3.63, 3.8) is 0 Å². The SMILES string of the molecule is Cc1ccnc(C(=O)c2ccccc2C)c1. The molecule has 0 radical (unpaired) electrons. The molecule has 0 bridgehead atoms. The lowest BCUT2D eigenvalue weighted by Crippen LogP contribution is -2.05. The van der Waals surface area contributed by atoms with Gasteiger partial charge in [0.15, 0.2) is 0 Å². The average Bonchev–Trinajstić information content (AvgIpc) is 2.29. The monoisotopic (exact) mass is 211 g/mol. The van der Waals surface area contributed by atoms with Crippen molar-refractivity contribution in [1.29, 1.82) is 0 Å². The van der Waals surface area contributed by atoms with Crippen LogP contribution in [0, 0.1) is 13.8 Å². The molecule has 2 nitrogen and oxygen atoms in total. The molecule has 0 fully saturated rings. The third kappa shape index (κ3) is 2.01. The van der Waals surface area contributed by atoms with Crippen LogP contribution in [0.1, 0.15) is 27.2 Å². The molecular formula is C14H13NO. The predicted octanol–water partition coefficient (Wildman–Crippen LogP) is 2.93. The van der Waals surface area contributed by atoms with Gasteiger partial charge in [-0.15, -0.1) is 0 Å². The molecule has 0 aliphatic rings. The molecule has 0 aliphatic carbocycles. The Balaban J connectivity index is 2.44. The molecule has 0 saturated heterocycles. The fourth-order valence-electron chi connectivity index (χ4n) is 1.63. The van der Waals surface area contributed by atoms with E-state index in [1.165, 1.54) is 0 Å². The second-order valence-electron chi connectivity index (χ2n) is 3.86. The molecule has 0 atom stereocenters. The summed E-state index contributed by atoms with van der Waals surface area (Å²) < 4.78 is 0. The van der Waals surface area contributed by atoms with Gasteiger partial charge in [0.1, 0.15) is 5.69 Å². The average molecular weight is 211 g/mol. The van der Waals surface area contributed by atoms with E-state index in [9.17, 15) is 4.79 Å². The first-order valence-corrected chi connectivity index (χ1v) is 5.21. The van der Waals surface area contributed by atoms with Crippen LogP contribution in [0.5, 0.6) is 0 Å². The van der Waals surface area contributed by atoms with E-state index in [0.29, 0.717) is 5.69 Å². The standard InChI is InChI=1S/C14H13NO/c1-10-7-8-15-13(9-10)14(16)12-6-4-3-5-11(12)2/h3-9H,1-2H3. The maximum atomic E-state index is 12.2. The van der Waals surface area contributed by atoms with Gasteiger partial charge >= 0.3 is 0 Å².